The number of nitrogens with zero attached hydrogens (tertiary/aromatic N) is 3. The van der Waals surface area contributed by atoms with Gasteiger partial charge in [-0.3, -0.25) is 9.78 Å². The van der Waals surface area contributed by atoms with Crippen LogP contribution in [0.5, 0.6) is 0 Å². The molecule has 1 amide bonds. The number of hydrogen-bond donors (Lipinski definition) is 1. The number of nitrogens with one attached hydrogen (secondary N) is 1. The summed E-state index contributed by atoms with van der Waals surface area (Å²) in [4.78, 5) is 22.0. The molecule has 2 aromatic rings. The third-order valence-corrected chi connectivity index (χ3v) is 2.95. The standard InChI is InChI=1S/C13H13ClN4O/c1-15-11-6-5-10(14)12(17-11)13(19)18(2)9-4-3-7-16-8-9/h3-8H,1-2H3,(H,15,17). The highest BCUT2D eigenvalue weighted by atomic mass is 35.5. The van der Waals surface area contributed by atoms with E-state index in [1.54, 1.807) is 50.8 Å². The second kappa shape index (κ2) is 5.67. The average molecular weight is 277 g/mol. The SMILES string of the molecule is CNc1ccc(Cl)c(C(=O)N(C)c2cccnc2)n1. The Labute approximate surface area is 116 Å². The highest BCUT2D eigenvalue weighted by Crippen LogP contribution is 2.20. The van der Waals surface area contributed by atoms with Crippen LogP contribution in [0.1, 0.15) is 10.5 Å². The number of aromatic nitrogens is 2. The quantitative estimate of drug-likeness (QED) is 0.935. The van der Waals surface area contributed by atoms with Crippen LogP contribution in [0.2, 0.25) is 5.02 Å². The fourth-order valence-electron chi connectivity index (χ4n) is 1.56. The first-order valence-corrected chi connectivity index (χ1v) is 6.03. The van der Waals surface area contributed by atoms with Crippen LogP contribution in [-0.2, 0) is 0 Å². The molecule has 2 aromatic heterocycles. The Balaban J connectivity index is 2.34. The van der Waals surface area contributed by atoms with Gasteiger partial charge in [-0.05, 0) is 24.3 Å². The van der Waals surface area contributed by atoms with Crippen molar-refractivity contribution in [2.24, 2.45) is 0 Å². The third-order valence-electron chi connectivity index (χ3n) is 2.64. The first-order chi connectivity index (χ1) is 9.13. The van der Waals surface area contributed by atoms with Gasteiger partial charge in [0.25, 0.3) is 5.91 Å². The molecule has 0 aliphatic rings. The van der Waals surface area contributed by atoms with Crippen LogP contribution in [0.3, 0.4) is 0 Å². The van der Waals surface area contributed by atoms with Gasteiger partial charge >= 0.3 is 0 Å². The maximum atomic E-state index is 12.4. The summed E-state index contributed by atoms with van der Waals surface area (Å²) in [5, 5.41) is 3.19. The van der Waals surface area contributed by atoms with Crippen LogP contribution in [0.15, 0.2) is 36.7 Å². The molecule has 0 spiro atoms. The van der Waals surface area contributed by atoms with Crippen molar-refractivity contribution in [2.45, 2.75) is 0 Å². The molecule has 0 atom stereocenters. The number of pyridine rings is 2. The Bertz CT molecular complexity index is 588. The maximum absolute atomic E-state index is 12.4. The minimum atomic E-state index is -0.282. The minimum absolute atomic E-state index is 0.208. The number of hydrogen-bond acceptors (Lipinski definition) is 4. The number of rotatable bonds is 3. The van der Waals surface area contributed by atoms with Gasteiger partial charge in [0.05, 0.1) is 16.9 Å². The highest BCUT2D eigenvalue weighted by molar-refractivity contribution is 6.34. The van der Waals surface area contributed by atoms with Crippen LogP contribution in [0.25, 0.3) is 0 Å². The topological polar surface area (TPSA) is 58.1 Å². The lowest BCUT2D eigenvalue weighted by Crippen LogP contribution is -2.27. The molecule has 0 unspecified atom stereocenters. The Morgan fingerprint density at radius 1 is 1.37 bits per heavy atom. The van der Waals surface area contributed by atoms with Crippen molar-refractivity contribution in [1.82, 2.24) is 9.97 Å². The van der Waals surface area contributed by atoms with E-state index in [-0.39, 0.29) is 11.6 Å². The van der Waals surface area contributed by atoms with Crippen LogP contribution >= 0.6 is 11.6 Å². The zero-order valence-electron chi connectivity index (χ0n) is 10.6. The molecule has 98 valence electrons. The van der Waals surface area contributed by atoms with Crippen molar-refractivity contribution >= 4 is 29.0 Å². The largest absolute Gasteiger partial charge is 0.373 e. The Morgan fingerprint density at radius 2 is 2.16 bits per heavy atom. The molecule has 0 fully saturated rings. The summed E-state index contributed by atoms with van der Waals surface area (Å²) < 4.78 is 0. The summed E-state index contributed by atoms with van der Waals surface area (Å²) in [7, 11) is 3.39. The Kier molecular flexibility index (Phi) is 3.97. The van der Waals surface area contributed by atoms with Crippen molar-refractivity contribution in [3.63, 3.8) is 0 Å². The van der Waals surface area contributed by atoms with E-state index in [0.29, 0.717) is 16.5 Å². The molecule has 6 heteroatoms. The van der Waals surface area contributed by atoms with E-state index in [9.17, 15) is 4.79 Å². The van der Waals surface area contributed by atoms with Gasteiger partial charge in [0, 0.05) is 20.3 Å². The van der Waals surface area contributed by atoms with Crippen molar-refractivity contribution in [1.29, 1.82) is 0 Å². The minimum Gasteiger partial charge on any atom is -0.373 e. The molecule has 0 aromatic carbocycles. The van der Waals surface area contributed by atoms with Crippen molar-refractivity contribution < 1.29 is 4.79 Å². The van der Waals surface area contributed by atoms with Gasteiger partial charge in [0.2, 0.25) is 0 Å². The molecule has 2 rings (SSSR count). The number of halogens is 1. The summed E-state index contributed by atoms with van der Waals surface area (Å²) in [6.07, 6.45) is 3.25. The van der Waals surface area contributed by atoms with Gasteiger partial charge in [-0.2, -0.15) is 0 Å². The molecule has 0 radical (unpaired) electrons. The average Bonchev–Trinajstić information content (AvgIpc) is 2.47. The first-order valence-electron chi connectivity index (χ1n) is 5.66. The maximum Gasteiger partial charge on any atom is 0.278 e. The molecule has 1 N–H and O–H groups in total. The molecule has 19 heavy (non-hydrogen) atoms. The van der Waals surface area contributed by atoms with E-state index in [2.05, 4.69) is 15.3 Å². The summed E-state index contributed by atoms with van der Waals surface area (Å²) in [6.45, 7) is 0. The molecule has 0 saturated carbocycles. The van der Waals surface area contributed by atoms with Crippen molar-refractivity contribution in [3.05, 3.63) is 47.4 Å². The van der Waals surface area contributed by atoms with Gasteiger partial charge in [0.1, 0.15) is 11.5 Å². The predicted octanol–water partition coefficient (Wildman–Crippen LogP) is 2.45. The monoisotopic (exact) mass is 276 g/mol. The van der Waals surface area contributed by atoms with Gasteiger partial charge in [0.15, 0.2) is 0 Å². The van der Waals surface area contributed by atoms with Crippen molar-refractivity contribution in [3.8, 4) is 0 Å². The van der Waals surface area contributed by atoms with E-state index >= 15 is 0 Å². The van der Waals surface area contributed by atoms with E-state index in [0.717, 1.165) is 0 Å². The van der Waals surface area contributed by atoms with Gasteiger partial charge in [-0.25, -0.2) is 4.98 Å². The second-order valence-electron chi connectivity index (χ2n) is 3.85. The van der Waals surface area contributed by atoms with E-state index < -0.39 is 0 Å². The first kappa shape index (κ1) is 13.3. The lowest BCUT2D eigenvalue weighted by molar-refractivity contribution is 0.0988. The van der Waals surface area contributed by atoms with Crippen LogP contribution in [0.4, 0.5) is 11.5 Å². The van der Waals surface area contributed by atoms with Crippen LogP contribution in [-0.4, -0.2) is 30.0 Å². The second-order valence-corrected chi connectivity index (χ2v) is 4.26. The summed E-state index contributed by atoms with van der Waals surface area (Å²) >= 11 is 6.03. The fourth-order valence-corrected chi connectivity index (χ4v) is 1.75. The molecule has 0 bridgehead atoms. The zero-order valence-corrected chi connectivity index (χ0v) is 11.3. The van der Waals surface area contributed by atoms with E-state index in [1.807, 2.05) is 0 Å². The number of anilines is 2. The Morgan fingerprint density at radius 3 is 2.79 bits per heavy atom. The van der Waals surface area contributed by atoms with Gasteiger partial charge in [-0.15, -0.1) is 0 Å². The molecular formula is C13H13ClN4O. The van der Waals surface area contributed by atoms with Crippen LogP contribution < -0.4 is 10.2 Å². The summed E-state index contributed by atoms with van der Waals surface area (Å²) in [5.41, 5.74) is 0.889. The molecule has 0 saturated heterocycles. The summed E-state index contributed by atoms with van der Waals surface area (Å²) in [6, 6.07) is 6.91. The van der Waals surface area contributed by atoms with Gasteiger partial charge in [-0.1, -0.05) is 11.6 Å². The molecule has 2 heterocycles. The molecule has 0 aliphatic carbocycles. The normalized spacial score (nSPS) is 10.1. The van der Waals surface area contributed by atoms with Crippen LogP contribution in [0, 0.1) is 0 Å². The third kappa shape index (κ3) is 2.82. The summed E-state index contributed by atoms with van der Waals surface area (Å²) in [5.74, 6) is 0.308. The smallest absolute Gasteiger partial charge is 0.278 e. The van der Waals surface area contributed by atoms with Gasteiger partial charge < -0.3 is 10.2 Å². The van der Waals surface area contributed by atoms with E-state index in [4.69, 9.17) is 11.6 Å². The lowest BCUT2D eigenvalue weighted by Gasteiger charge is -2.17. The molecular weight excluding hydrogens is 264 g/mol. The number of carbonyl (C=O) groups excluding carboxylic acids is 1. The Hall–Kier alpha value is -2.14. The van der Waals surface area contributed by atoms with Crippen molar-refractivity contribution in [2.75, 3.05) is 24.3 Å². The van der Waals surface area contributed by atoms with E-state index in [1.165, 1.54) is 4.90 Å². The predicted molar refractivity (Wildman–Crippen MR) is 75.8 cm³/mol. The number of carbonyl (C=O) groups is 1. The fraction of sp³-hybridized carbons (Fsp3) is 0.154. The lowest BCUT2D eigenvalue weighted by atomic mass is 10.3. The molecule has 0 aliphatic heterocycles. The molecule has 5 nitrogen and oxygen atoms in total. The number of amides is 1. The zero-order chi connectivity index (χ0) is 13.8. The highest BCUT2D eigenvalue weighted by Gasteiger charge is 2.18.